The predicted molar refractivity (Wildman–Crippen MR) is 110 cm³/mol. The van der Waals surface area contributed by atoms with Crippen LogP contribution in [0.5, 0.6) is 0 Å². The highest BCUT2D eigenvalue weighted by Gasteiger charge is 2.43. The van der Waals surface area contributed by atoms with E-state index in [2.05, 4.69) is 76.2 Å². The third kappa shape index (κ3) is 3.66. The number of rotatable bonds is 9. The standard InChI is InChI=1S/C23H30O2Si/c1-5-15-24-16-23(17-25-26-22(3,4)6-2)20-13-9-7-11-18(20)19-12-8-10-14-21(19)23/h7-14H,5-6,15-17H2,1-4H3. The van der Waals surface area contributed by atoms with Gasteiger partial charge >= 0.3 is 0 Å². The van der Waals surface area contributed by atoms with Gasteiger partial charge < -0.3 is 9.16 Å². The zero-order valence-corrected chi connectivity index (χ0v) is 17.5. The van der Waals surface area contributed by atoms with Crippen LogP contribution < -0.4 is 0 Å². The van der Waals surface area contributed by atoms with E-state index < -0.39 is 0 Å². The summed E-state index contributed by atoms with van der Waals surface area (Å²) in [4.78, 5) is 0. The van der Waals surface area contributed by atoms with Crippen LogP contribution >= 0.6 is 0 Å². The van der Waals surface area contributed by atoms with Gasteiger partial charge in [0.25, 0.3) is 0 Å². The van der Waals surface area contributed by atoms with Crippen LogP contribution in [0, 0.1) is 0 Å². The lowest BCUT2D eigenvalue weighted by atomic mass is 9.79. The maximum atomic E-state index is 6.37. The molecular weight excluding hydrogens is 336 g/mol. The Morgan fingerprint density at radius 2 is 1.46 bits per heavy atom. The molecule has 2 aromatic carbocycles. The van der Waals surface area contributed by atoms with Crippen LogP contribution in [0.1, 0.15) is 51.7 Å². The first-order valence-electron chi connectivity index (χ1n) is 9.70. The van der Waals surface area contributed by atoms with E-state index in [0.29, 0.717) is 23.0 Å². The van der Waals surface area contributed by atoms with Gasteiger partial charge in [-0.25, -0.2) is 0 Å². The Balaban J connectivity index is 1.97. The minimum absolute atomic E-state index is 0.209. The third-order valence-electron chi connectivity index (χ3n) is 5.42. The molecule has 1 aliphatic rings. The molecule has 2 nitrogen and oxygen atoms in total. The van der Waals surface area contributed by atoms with Gasteiger partial charge in [0.1, 0.15) is 0 Å². The predicted octanol–water partition coefficient (Wildman–Crippen LogP) is 5.62. The Labute approximate surface area is 160 Å². The second kappa shape index (κ2) is 8.08. The topological polar surface area (TPSA) is 18.5 Å². The van der Waals surface area contributed by atoms with E-state index in [1.165, 1.54) is 22.3 Å². The molecule has 0 saturated carbocycles. The number of hydrogen-bond donors (Lipinski definition) is 0. The van der Waals surface area contributed by atoms with E-state index in [4.69, 9.17) is 9.16 Å². The summed E-state index contributed by atoms with van der Waals surface area (Å²) >= 11 is 0. The minimum atomic E-state index is -0.209. The van der Waals surface area contributed by atoms with Crippen molar-refractivity contribution in [3.8, 4) is 11.1 Å². The summed E-state index contributed by atoms with van der Waals surface area (Å²) in [6.45, 7) is 11.1. The molecule has 2 aromatic rings. The maximum Gasteiger partial charge on any atom is 0.236 e. The van der Waals surface area contributed by atoms with Gasteiger partial charge in [-0.1, -0.05) is 82.6 Å². The van der Waals surface area contributed by atoms with Gasteiger partial charge in [0.2, 0.25) is 9.76 Å². The Morgan fingerprint density at radius 1 is 0.885 bits per heavy atom. The highest BCUT2D eigenvalue weighted by atomic mass is 28.2. The number of benzene rings is 2. The lowest BCUT2D eigenvalue weighted by molar-refractivity contribution is 0.0757. The summed E-state index contributed by atoms with van der Waals surface area (Å²) < 4.78 is 12.5. The Morgan fingerprint density at radius 3 is 2.00 bits per heavy atom. The average Bonchev–Trinajstić information content (AvgIpc) is 2.93. The van der Waals surface area contributed by atoms with Crippen molar-refractivity contribution in [3.05, 3.63) is 59.7 Å². The van der Waals surface area contributed by atoms with Crippen LogP contribution in [0.2, 0.25) is 5.04 Å². The van der Waals surface area contributed by atoms with E-state index in [1.54, 1.807) is 0 Å². The molecule has 0 aromatic heterocycles. The van der Waals surface area contributed by atoms with Crippen LogP contribution in [0.4, 0.5) is 0 Å². The number of hydrogen-bond acceptors (Lipinski definition) is 2. The quantitative estimate of drug-likeness (QED) is 0.423. The van der Waals surface area contributed by atoms with Crippen molar-refractivity contribution >= 4 is 9.76 Å². The van der Waals surface area contributed by atoms with E-state index in [0.717, 1.165) is 19.4 Å². The zero-order valence-electron chi connectivity index (χ0n) is 16.5. The van der Waals surface area contributed by atoms with E-state index >= 15 is 0 Å². The van der Waals surface area contributed by atoms with E-state index in [9.17, 15) is 0 Å². The lowest BCUT2D eigenvalue weighted by Crippen LogP contribution is -2.38. The first kappa shape index (κ1) is 19.3. The van der Waals surface area contributed by atoms with Crippen LogP contribution in [0.3, 0.4) is 0 Å². The SMILES string of the molecule is CCCOCC1(CO[Si]C(C)(C)CC)c2ccccc2-c2ccccc21. The van der Waals surface area contributed by atoms with Crippen molar-refractivity contribution < 1.29 is 9.16 Å². The summed E-state index contributed by atoms with van der Waals surface area (Å²) in [5.74, 6) is 0. The molecule has 0 amide bonds. The Bertz CT molecular complexity index is 693. The van der Waals surface area contributed by atoms with Gasteiger partial charge in [0, 0.05) is 13.2 Å². The summed E-state index contributed by atoms with van der Waals surface area (Å²) in [5, 5.41) is 0.225. The summed E-state index contributed by atoms with van der Waals surface area (Å²) in [6, 6.07) is 17.5. The highest BCUT2D eigenvalue weighted by molar-refractivity contribution is 6.31. The molecule has 0 saturated heterocycles. The molecule has 0 unspecified atom stereocenters. The zero-order chi connectivity index (χ0) is 18.6. The molecule has 0 heterocycles. The Hall–Kier alpha value is -1.42. The first-order valence-corrected chi connectivity index (χ1v) is 10.6. The average molecular weight is 367 g/mol. The van der Waals surface area contributed by atoms with Gasteiger partial charge in [-0.15, -0.1) is 0 Å². The van der Waals surface area contributed by atoms with Gasteiger partial charge in [-0.05, 0) is 33.7 Å². The van der Waals surface area contributed by atoms with Crippen molar-refractivity contribution in [1.82, 2.24) is 0 Å². The molecule has 0 N–H and O–H groups in total. The van der Waals surface area contributed by atoms with Gasteiger partial charge in [-0.3, -0.25) is 0 Å². The van der Waals surface area contributed by atoms with E-state index in [-0.39, 0.29) is 10.5 Å². The highest BCUT2D eigenvalue weighted by Crippen LogP contribution is 2.49. The van der Waals surface area contributed by atoms with Crippen LogP contribution in [-0.4, -0.2) is 29.6 Å². The summed E-state index contributed by atoms with van der Waals surface area (Å²) in [6.07, 6.45) is 2.16. The monoisotopic (exact) mass is 366 g/mol. The first-order chi connectivity index (χ1) is 12.5. The maximum absolute atomic E-state index is 6.37. The minimum Gasteiger partial charge on any atom is -0.416 e. The van der Waals surface area contributed by atoms with Crippen LogP contribution in [0.15, 0.2) is 48.5 Å². The second-order valence-corrected chi connectivity index (χ2v) is 9.70. The summed E-state index contributed by atoms with van der Waals surface area (Å²) in [7, 11) is 0.491. The van der Waals surface area contributed by atoms with Crippen molar-refractivity contribution in [2.75, 3.05) is 19.8 Å². The van der Waals surface area contributed by atoms with Gasteiger partial charge in [-0.2, -0.15) is 0 Å². The molecule has 0 spiro atoms. The molecule has 0 atom stereocenters. The van der Waals surface area contributed by atoms with Crippen molar-refractivity contribution in [3.63, 3.8) is 0 Å². The summed E-state index contributed by atoms with van der Waals surface area (Å²) in [5.41, 5.74) is 5.13. The van der Waals surface area contributed by atoms with Crippen molar-refractivity contribution in [1.29, 1.82) is 0 Å². The molecule has 0 fully saturated rings. The van der Waals surface area contributed by atoms with Crippen LogP contribution in [0.25, 0.3) is 11.1 Å². The van der Waals surface area contributed by atoms with Crippen molar-refractivity contribution in [2.24, 2.45) is 0 Å². The largest absolute Gasteiger partial charge is 0.416 e. The molecular formula is C23H30O2Si. The lowest BCUT2D eigenvalue weighted by Gasteiger charge is -2.33. The van der Waals surface area contributed by atoms with Crippen LogP contribution in [-0.2, 0) is 14.6 Å². The smallest absolute Gasteiger partial charge is 0.236 e. The fourth-order valence-corrected chi connectivity index (χ4v) is 4.44. The fraction of sp³-hybridized carbons (Fsp3) is 0.478. The molecule has 0 aliphatic heterocycles. The molecule has 26 heavy (non-hydrogen) atoms. The normalized spacial score (nSPS) is 14.9. The third-order valence-corrected chi connectivity index (χ3v) is 6.62. The van der Waals surface area contributed by atoms with Gasteiger partial charge in [0.05, 0.1) is 12.0 Å². The molecule has 2 radical (unpaired) electrons. The molecule has 0 bridgehead atoms. The number of ether oxygens (including phenoxy) is 1. The van der Waals surface area contributed by atoms with Gasteiger partial charge in [0.15, 0.2) is 0 Å². The fourth-order valence-electron chi connectivity index (χ4n) is 3.59. The molecule has 3 rings (SSSR count). The van der Waals surface area contributed by atoms with Crippen molar-refractivity contribution in [2.45, 2.75) is 51.0 Å². The van der Waals surface area contributed by atoms with E-state index in [1.807, 2.05) is 0 Å². The number of fused-ring (bicyclic) bond motifs is 3. The molecule has 138 valence electrons. The molecule has 1 aliphatic carbocycles. The Kier molecular flexibility index (Phi) is 6.01. The second-order valence-electron chi connectivity index (χ2n) is 7.85. The molecule has 3 heteroatoms.